The maximum absolute atomic E-state index is 13.1. The van der Waals surface area contributed by atoms with E-state index in [1.165, 1.54) is 23.5 Å². The summed E-state index contributed by atoms with van der Waals surface area (Å²) in [5.74, 6) is 0.0212. The Hall–Kier alpha value is -2.89. The van der Waals surface area contributed by atoms with Crippen molar-refractivity contribution in [1.82, 2.24) is 9.80 Å². The number of hydrogen-bond acceptors (Lipinski definition) is 5. The lowest BCUT2D eigenvalue weighted by molar-refractivity contribution is 0.0576. The van der Waals surface area contributed by atoms with Crippen molar-refractivity contribution in [3.8, 4) is 6.07 Å². The molecule has 1 atom stereocenters. The fourth-order valence-electron chi connectivity index (χ4n) is 3.76. The number of nitriles is 1. The van der Waals surface area contributed by atoms with Gasteiger partial charge in [0.2, 0.25) is 0 Å². The number of benzene rings is 2. The van der Waals surface area contributed by atoms with Gasteiger partial charge in [0.1, 0.15) is 6.04 Å². The Morgan fingerprint density at radius 3 is 2.26 bits per heavy atom. The summed E-state index contributed by atoms with van der Waals surface area (Å²) in [6, 6.07) is 17.2. The smallest absolute Gasteiger partial charge is 0.264 e. The van der Waals surface area contributed by atoms with Crippen LogP contribution in [0.5, 0.6) is 0 Å². The van der Waals surface area contributed by atoms with Crippen molar-refractivity contribution in [2.45, 2.75) is 24.8 Å². The number of rotatable bonds is 6. The summed E-state index contributed by atoms with van der Waals surface area (Å²) >= 11 is 0. The quantitative estimate of drug-likeness (QED) is 0.690. The lowest BCUT2D eigenvalue weighted by atomic mass is 10.0. The largest absolute Gasteiger partial charge is 0.336 e. The monoisotopic (exact) mass is 440 g/mol. The van der Waals surface area contributed by atoms with E-state index in [-0.39, 0.29) is 22.8 Å². The van der Waals surface area contributed by atoms with E-state index >= 15 is 0 Å². The Labute approximate surface area is 184 Å². The van der Waals surface area contributed by atoms with Gasteiger partial charge in [-0.05, 0) is 36.2 Å². The lowest BCUT2D eigenvalue weighted by Crippen LogP contribution is -2.52. The maximum atomic E-state index is 13.1. The second kappa shape index (κ2) is 9.50. The van der Waals surface area contributed by atoms with Crippen LogP contribution in [0, 0.1) is 17.2 Å². The molecule has 0 bridgehead atoms. The summed E-state index contributed by atoms with van der Waals surface area (Å²) in [5.41, 5.74) is 0.893. The molecule has 0 aliphatic carbocycles. The van der Waals surface area contributed by atoms with E-state index in [2.05, 4.69) is 11.0 Å². The maximum Gasteiger partial charge on any atom is 0.264 e. The molecule has 2 aromatic carbocycles. The number of piperazine rings is 1. The van der Waals surface area contributed by atoms with Crippen molar-refractivity contribution in [3.05, 3.63) is 60.2 Å². The van der Waals surface area contributed by atoms with Gasteiger partial charge in [-0.3, -0.25) is 14.0 Å². The van der Waals surface area contributed by atoms with Gasteiger partial charge < -0.3 is 4.90 Å². The molecule has 3 rings (SSSR count). The Morgan fingerprint density at radius 1 is 1.03 bits per heavy atom. The minimum Gasteiger partial charge on any atom is -0.336 e. The molecule has 164 valence electrons. The zero-order chi connectivity index (χ0) is 22.6. The van der Waals surface area contributed by atoms with Crippen LogP contribution in [0.15, 0.2) is 59.5 Å². The van der Waals surface area contributed by atoms with Crippen LogP contribution in [-0.4, -0.2) is 63.4 Å². The van der Waals surface area contributed by atoms with E-state index in [9.17, 15) is 18.5 Å². The van der Waals surface area contributed by atoms with Crippen molar-refractivity contribution in [2.75, 3.05) is 37.5 Å². The van der Waals surface area contributed by atoms with Gasteiger partial charge >= 0.3 is 0 Å². The van der Waals surface area contributed by atoms with Crippen LogP contribution >= 0.6 is 0 Å². The summed E-state index contributed by atoms with van der Waals surface area (Å²) in [7, 11) is -2.29. The minimum atomic E-state index is -3.79. The van der Waals surface area contributed by atoms with Crippen molar-refractivity contribution in [3.63, 3.8) is 0 Å². The second-order valence-corrected chi connectivity index (χ2v) is 9.95. The zero-order valence-corrected chi connectivity index (χ0v) is 18.9. The highest BCUT2D eigenvalue weighted by atomic mass is 32.2. The van der Waals surface area contributed by atoms with Crippen LogP contribution in [-0.2, 0) is 10.0 Å². The van der Waals surface area contributed by atoms with Gasteiger partial charge in [0.25, 0.3) is 15.9 Å². The van der Waals surface area contributed by atoms with Crippen molar-refractivity contribution in [2.24, 2.45) is 5.92 Å². The first-order chi connectivity index (χ1) is 14.8. The average molecular weight is 441 g/mol. The Morgan fingerprint density at radius 2 is 1.68 bits per heavy atom. The predicted octanol–water partition coefficient (Wildman–Crippen LogP) is 2.82. The zero-order valence-electron chi connectivity index (χ0n) is 18.1. The van der Waals surface area contributed by atoms with E-state index in [0.717, 1.165) is 0 Å². The van der Waals surface area contributed by atoms with Crippen LogP contribution in [0.4, 0.5) is 5.69 Å². The molecule has 1 fully saturated rings. The van der Waals surface area contributed by atoms with Gasteiger partial charge in [-0.15, -0.1) is 0 Å². The van der Waals surface area contributed by atoms with Gasteiger partial charge in [-0.25, -0.2) is 8.42 Å². The third kappa shape index (κ3) is 4.89. The molecule has 1 heterocycles. The Bertz CT molecular complexity index is 1060. The number of hydrogen-bond donors (Lipinski definition) is 0. The number of para-hydroxylation sites is 1. The summed E-state index contributed by atoms with van der Waals surface area (Å²) in [5, 5.41) is 9.40. The number of carbonyl (C=O) groups is 1. The van der Waals surface area contributed by atoms with E-state index in [1.807, 2.05) is 19.9 Å². The number of amides is 1. The first kappa shape index (κ1) is 22.8. The molecule has 31 heavy (non-hydrogen) atoms. The first-order valence-electron chi connectivity index (χ1n) is 10.3. The van der Waals surface area contributed by atoms with E-state index in [4.69, 9.17) is 0 Å². The molecule has 0 aromatic heterocycles. The molecule has 0 radical (unpaired) electrons. The lowest BCUT2D eigenvalue weighted by Gasteiger charge is -2.38. The third-order valence-electron chi connectivity index (χ3n) is 5.62. The van der Waals surface area contributed by atoms with Crippen LogP contribution < -0.4 is 4.31 Å². The fraction of sp³-hybridized carbons (Fsp3) is 0.391. The van der Waals surface area contributed by atoms with Gasteiger partial charge in [0.05, 0.1) is 16.7 Å². The van der Waals surface area contributed by atoms with Crippen LogP contribution in [0.2, 0.25) is 0 Å². The molecule has 2 aromatic rings. The van der Waals surface area contributed by atoms with Crippen molar-refractivity contribution >= 4 is 21.6 Å². The van der Waals surface area contributed by atoms with Gasteiger partial charge in [-0.2, -0.15) is 5.26 Å². The molecular weight excluding hydrogens is 412 g/mol. The van der Waals surface area contributed by atoms with Crippen LogP contribution in [0.1, 0.15) is 24.2 Å². The molecular formula is C23H28N4O3S. The van der Waals surface area contributed by atoms with Gasteiger partial charge in [0, 0.05) is 38.8 Å². The summed E-state index contributed by atoms with van der Waals surface area (Å²) in [6.07, 6.45) is 0. The molecule has 1 unspecified atom stereocenters. The summed E-state index contributed by atoms with van der Waals surface area (Å²) in [6.45, 7) is 6.29. The van der Waals surface area contributed by atoms with E-state index in [1.54, 1.807) is 41.3 Å². The molecule has 1 saturated heterocycles. The standard InChI is InChI=1S/C23H28N4O3S/c1-18(2)22(17-24)26-12-14-27(15-13-26)23(28)19-8-7-11-21(16-19)31(29,30)25(3)20-9-5-4-6-10-20/h4-11,16,18,22H,12-15H2,1-3H3. The Kier molecular flexibility index (Phi) is 6.98. The second-order valence-electron chi connectivity index (χ2n) is 7.98. The first-order valence-corrected chi connectivity index (χ1v) is 11.8. The van der Waals surface area contributed by atoms with Gasteiger partial charge in [0.15, 0.2) is 0 Å². The summed E-state index contributed by atoms with van der Waals surface area (Å²) in [4.78, 5) is 16.9. The third-order valence-corrected chi connectivity index (χ3v) is 7.40. The minimum absolute atomic E-state index is 0.0766. The predicted molar refractivity (Wildman–Crippen MR) is 120 cm³/mol. The highest BCUT2D eigenvalue weighted by molar-refractivity contribution is 7.92. The molecule has 1 aliphatic rings. The molecule has 0 spiro atoms. The number of carbonyl (C=O) groups excluding carboxylic acids is 1. The van der Waals surface area contributed by atoms with E-state index < -0.39 is 10.0 Å². The van der Waals surface area contributed by atoms with Crippen LogP contribution in [0.25, 0.3) is 0 Å². The Balaban J connectivity index is 1.75. The normalized spacial score (nSPS) is 16.0. The molecule has 1 amide bonds. The number of nitrogens with zero attached hydrogens (tertiary/aromatic N) is 4. The number of anilines is 1. The SMILES string of the molecule is CC(C)C(C#N)N1CCN(C(=O)c2cccc(S(=O)(=O)N(C)c3ccccc3)c2)CC1. The van der Waals surface area contributed by atoms with Crippen molar-refractivity contribution < 1.29 is 13.2 Å². The fourth-order valence-corrected chi connectivity index (χ4v) is 5.00. The van der Waals surface area contributed by atoms with Crippen LogP contribution in [0.3, 0.4) is 0 Å². The number of sulfonamides is 1. The highest BCUT2D eigenvalue weighted by Gasteiger charge is 2.29. The van der Waals surface area contributed by atoms with E-state index in [0.29, 0.717) is 37.4 Å². The summed E-state index contributed by atoms with van der Waals surface area (Å²) < 4.78 is 27.3. The highest BCUT2D eigenvalue weighted by Crippen LogP contribution is 2.23. The molecule has 8 heteroatoms. The molecule has 0 N–H and O–H groups in total. The van der Waals surface area contributed by atoms with Crippen molar-refractivity contribution in [1.29, 1.82) is 5.26 Å². The molecule has 1 aliphatic heterocycles. The molecule has 0 saturated carbocycles. The average Bonchev–Trinajstić information content (AvgIpc) is 2.79. The topological polar surface area (TPSA) is 84.7 Å². The van der Waals surface area contributed by atoms with Gasteiger partial charge in [-0.1, -0.05) is 38.1 Å². The molecule has 7 nitrogen and oxygen atoms in total.